The molecule has 108 valence electrons. The van der Waals surface area contributed by atoms with Gasteiger partial charge in [0.25, 0.3) is 0 Å². The Morgan fingerprint density at radius 3 is 2.79 bits per heavy atom. The van der Waals surface area contributed by atoms with Gasteiger partial charge in [0, 0.05) is 11.4 Å². The fourth-order valence-electron chi connectivity index (χ4n) is 1.98. The molecule has 0 aliphatic rings. The van der Waals surface area contributed by atoms with Crippen molar-refractivity contribution in [2.75, 3.05) is 6.54 Å². The number of unbranched alkanes of at least 4 members (excludes halogenated alkanes) is 2. The minimum atomic E-state index is -0.536. The fraction of sp³-hybridized carbons (Fsp3) is 0.667. The van der Waals surface area contributed by atoms with Gasteiger partial charge >= 0.3 is 0 Å². The Balaban J connectivity index is 2.36. The van der Waals surface area contributed by atoms with Gasteiger partial charge in [-0.2, -0.15) is 0 Å². The highest BCUT2D eigenvalue weighted by molar-refractivity contribution is 7.10. The van der Waals surface area contributed by atoms with Crippen molar-refractivity contribution in [3.05, 3.63) is 22.4 Å². The van der Waals surface area contributed by atoms with Crippen molar-refractivity contribution >= 4 is 17.2 Å². The molecular formula is C15H26N2OS. The van der Waals surface area contributed by atoms with Crippen molar-refractivity contribution in [3.8, 4) is 0 Å². The van der Waals surface area contributed by atoms with E-state index < -0.39 is 6.04 Å². The maximum Gasteiger partial charge on any atom is 0.242 e. The lowest BCUT2D eigenvalue weighted by Crippen LogP contribution is -2.39. The SMILES string of the molecule is CCCCCC(C)(C)CNC(=O)C(N)c1cccs1. The van der Waals surface area contributed by atoms with E-state index in [0.717, 1.165) is 11.3 Å². The van der Waals surface area contributed by atoms with E-state index in [2.05, 4.69) is 26.1 Å². The van der Waals surface area contributed by atoms with Crippen molar-refractivity contribution < 1.29 is 4.79 Å². The normalized spacial score (nSPS) is 13.3. The molecule has 3 nitrogen and oxygen atoms in total. The van der Waals surface area contributed by atoms with Gasteiger partial charge in [0.05, 0.1) is 0 Å². The Kier molecular flexibility index (Phi) is 6.52. The highest BCUT2D eigenvalue weighted by Gasteiger charge is 2.21. The Bertz CT molecular complexity index is 374. The summed E-state index contributed by atoms with van der Waals surface area (Å²) in [7, 11) is 0. The molecule has 1 amide bonds. The highest BCUT2D eigenvalue weighted by Crippen LogP contribution is 2.23. The van der Waals surface area contributed by atoms with E-state index in [4.69, 9.17) is 5.73 Å². The third-order valence-corrected chi connectivity index (χ3v) is 4.29. The van der Waals surface area contributed by atoms with E-state index in [0.29, 0.717) is 6.54 Å². The summed E-state index contributed by atoms with van der Waals surface area (Å²) in [5.41, 5.74) is 6.07. The van der Waals surface area contributed by atoms with E-state index in [1.807, 2.05) is 17.5 Å². The molecule has 1 rings (SSSR count). The second kappa shape index (κ2) is 7.65. The largest absolute Gasteiger partial charge is 0.354 e. The second-order valence-electron chi connectivity index (χ2n) is 5.83. The summed E-state index contributed by atoms with van der Waals surface area (Å²) < 4.78 is 0. The van der Waals surface area contributed by atoms with Crippen molar-refractivity contribution in [2.45, 2.75) is 52.5 Å². The van der Waals surface area contributed by atoms with Crippen molar-refractivity contribution in [1.82, 2.24) is 5.32 Å². The number of rotatable bonds is 8. The predicted octanol–water partition coefficient (Wildman–Crippen LogP) is 3.47. The van der Waals surface area contributed by atoms with E-state index in [9.17, 15) is 4.79 Å². The van der Waals surface area contributed by atoms with Gasteiger partial charge < -0.3 is 11.1 Å². The average Bonchev–Trinajstić information content (AvgIpc) is 2.89. The number of thiophene rings is 1. The lowest BCUT2D eigenvalue weighted by Gasteiger charge is -2.25. The van der Waals surface area contributed by atoms with Crippen LogP contribution in [0.2, 0.25) is 0 Å². The molecule has 1 unspecified atom stereocenters. The van der Waals surface area contributed by atoms with Crippen LogP contribution in [0.4, 0.5) is 0 Å². The van der Waals surface area contributed by atoms with Crippen LogP contribution in [0.15, 0.2) is 17.5 Å². The van der Waals surface area contributed by atoms with Gasteiger partial charge in [-0.25, -0.2) is 0 Å². The second-order valence-corrected chi connectivity index (χ2v) is 6.81. The summed E-state index contributed by atoms with van der Waals surface area (Å²) in [6.45, 7) is 7.28. The number of nitrogens with two attached hydrogens (primary N) is 1. The van der Waals surface area contributed by atoms with Gasteiger partial charge in [-0.3, -0.25) is 4.79 Å². The van der Waals surface area contributed by atoms with Gasteiger partial charge in [-0.15, -0.1) is 11.3 Å². The Morgan fingerprint density at radius 2 is 2.21 bits per heavy atom. The van der Waals surface area contributed by atoms with Crippen LogP contribution in [0.5, 0.6) is 0 Å². The molecule has 0 saturated carbocycles. The average molecular weight is 282 g/mol. The number of carbonyl (C=O) groups is 1. The molecule has 1 atom stereocenters. The number of amides is 1. The Morgan fingerprint density at radius 1 is 1.47 bits per heavy atom. The van der Waals surface area contributed by atoms with Gasteiger partial charge in [-0.1, -0.05) is 46.1 Å². The molecule has 19 heavy (non-hydrogen) atoms. The van der Waals surface area contributed by atoms with Crippen molar-refractivity contribution in [3.63, 3.8) is 0 Å². The molecule has 0 fully saturated rings. The molecule has 1 aromatic rings. The zero-order valence-corrected chi connectivity index (χ0v) is 13.1. The topological polar surface area (TPSA) is 55.1 Å². The smallest absolute Gasteiger partial charge is 0.242 e. The van der Waals surface area contributed by atoms with Crippen LogP contribution in [0.3, 0.4) is 0 Å². The van der Waals surface area contributed by atoms with Crippen LogP contribution >= 0.6 is 11.3 Å². The van der Waals surface area contributed by atoms with Crippen molar-refractivity contribution in [2.24, 2.45) is 11.1 Å². The number of hydrogen-bond donors (Lipinski definition) is 2. The van der Waals surface area contributed by atoms with E-state index in [1.54, 1.807) is 0 Å². The van der Waals surface area contributed by atoms with Crippen LogP contribution in [-0.2, 0) is 4.79 Å². The molecule has 0 aliphatic carbocycles. The molecule has 0 spiro atoms. The number of hydrogen-bond acceptors (Lipinski definition) is 3. The standard InChI is InChI=1S/C15H26N2OS/c1-4-5-6-9-15(2,3)11-17-14(18)13(16)12-8-7-10-19-12/h7-8,10,13H,4-6,9,11,16H2,1-3H3,(H,17,18). The molecule has 4 heteroatoms. The van der Waals surface area contributed by atoms with Crippen LogP contribution in [-0.4, -0.2) is 12.5 Å². The number of nitrogens with one attached hydrogen (secondary N) is 1. The van der Waals surface area contributed by atoms with Crippen LogP contribution < -0.4 is 11.1 Å². The van der Waals surface area contributed by atoms with Gasteiger partial charge in [0.15, 0.2) is 0 Å². The summed E-state index contributed by atoms with van der Waals surface area (Å²) in [6, 6.07) is 3.29. The minimum absolute atomic E-state index is 0.0778. The summed E-state index contributed by atoms with van der Waals surface area (Å²) in [6.07, 6.45) is 4.84. The van der Waals surface area contributed by atoms with E-state index >= 15 is 0 Å². The summed E-state index contributed by atoms with van der Waals surface area (Å²) >= 11 is 1.52. The van der Waals surface area contributed by atoms with Gasteiger partial charge in [0.2, 0.25) is 5.91 Å². The molecule has 0 saturated heterocycles. The minimum Gasteiger partial charge on any atom is -0.354 e. The van der Waals surface area contributed by atoms with Crippen LogP contribution in [0, 0.1) is 5.41 Å². The summed E-state index contributed by atoms with van der Waals surface area (Å²) in [5.74, 6) is -0.0778. The molecule has 1 aromatic heterocycles. The zero-order valence-electron chi connectivity index (χ0n) is 12.2. The zero-order chi connectivity index (χ0) is 14.3. The lowest BCUT2D eigenvalue weighted by molar-refractivity contribution is -0.122. The van der Waals surface area contributed by atoms with Crippen LogP contribution in [0.25, 0.3) is 0 Å². The first-order valence-corrected chi connectivity index (χ1v) is 7.91. The quantitative estimate of drug-likeness (QED) is 0.717. The van der Waals surface area contributed by atoms with Gasteiger partial charge in [0.1, 0.15) is 6.04 Å². The summed E-state index contributed by atoms with van der Waals surface area (Å²) in [4.78, 5) is 12.9. The fourth-order valence-corrected chi connectivity index (χ4v) is 2.70. The lowest BCUT2D eigenvalue weighted by atomic mass is 9.87. The first-order valence-electron chi connectivity index (χ1n) is 7.03. The molecular weight excluding hydrogens is 256 g/mol. The third-order valence-electron chi connectivity index (χ3n) is 3.33. The molecule has 0 radical (unpaired) electrons. The summed E-state index contributed by atoms with van der Waals surface area (Å²) in [5, 5.41) is 4.92. The van der Waals surface area contributed by atoms with E-state index in [-0.39, 0.29) is 11.3 Å². The molecule has 0 aromatic carbocycles. The Hall–Kier alpha value is -0.870. The number of carbonyl (C=O) groups excluding carboxylic acids is 1. The maximum atomic E-state index is 12.0. The maximum absolute atomic E-state index is 12.0. The monoisotopic (exact) mass is 282 g/mol. The first kappa shape index (κ1) is 16.2. The highest BCUT2D eigenvalue weighted by atomic mass is 32.1. The molecule has 3 N–H and O–H groups in total. The first-order chi connectivity index (χ1) is 8.96. The van der Waals surface area contributed by atoms with Gasteiger partial charge in [-0.05, 0) is 23.3 Å². The predicted molar refractivity (Wildman–Crippen MR) is 82.2 cm³/mol. The van der Waals surface area contributed by atoms with Crippen LogP contribution in [0.1, 0.15) is 57.4 Å². The molecule has 0 aliphatic heterocycles. The van der Waals surface area contributed by atoms with Crippen molar-refractivity contribution in [1.29, 1.82) is 0 Å². The molecule has 1 heterocycles. The Labute approximate surface area is 120 Å². The third kappa shape index (κ3) is 5.74. The molecule has 0 bridgehead atoms. The van der Waals surface area contributed by atoms with E-state index in [1.165, 1.54) is 30.6 Å².